The summed E-state index contributed by atoms with van der Waals surface area (Å²) in [5, 5.41) is 2.65. The molecule has 3 nitrogen and oxygen atoms in total. The predicted octanol–water partition coefficient (Wildman–Crippen LogP) is 3.28. The summed E-state index contributed by atoms with van der Waals surface area (Å²) in [5.41, 5.74) is 0.0699. The van der Waals surface area contributed by atoms with Crippen LogP contribution in [-0.4, -0.2) is 36.2 Å². The summed E-state index contributed by atoms with van der Waals surface area (Å²) < 4.78 is 37.9. The SMILES string of the molecule is CNCCCN1C(=O)C(C)SC1c1ccc(C(F)(F)F)cc1. The average molecular weight is 332 g/mol. The molecule has 1 aromatic carbocycles. The summed E-state index contributed by atoms with van der Waals surface area (Å²) in [6.07, 6.45) is -3.52. The van der Waals surface area contributed by atoms with Gasteiger partial charge >= 0.3 is 6.18 Å². The largest absolute Gasteiger partial charge is 0.416 e. The summed E-state index contributed by atoms with van der Waals surface area (Å²) in [7, 11) is 1.84. The summed E-state index contributed by atoms with van der Waals surface area (Å²) in [4.78, 5) is 14.0. The molecule has 2 atom stereocenters. The first kappa shape index (κ1) is 17.1. The minimum atomic E-state index is -4.34. The van der Waals surface area contributed by atoms with Crippen LogP contribution < -0.4 is 5.32 Å². The lowest BCUT2D eigenvalue weighted by molar-refractivity contribution is -0.137. The number of halogens is 3. The third-order valence-electron chi connectivity index (χ3n) is 3.60. The summed E-state index contributed by atoms with van der Waals surface area (Å²) in [6, 6.07) is 5.10. The molecule has 1 aromatic rings. The lowest BCUT2D eigenvalue weighted by atomic mass is 10.1. The van der Waals surface area contributed by atoms with Crippen molar-refractivity contribution in [3.05, 3.63) is 35.4 Å². The highest BCUT2D eigenvalue weighted by Crippen LogP contribution is 2.43. The van der Waals surface area contributed by atoms with E-state index in [1.165, 1.54) is 23.9 Å². The van der Waals surface area contributed by atoms with Gasteiger partial charge < -0.3 is 10.2 Å². The Hall–Kier alpha value is -1.21. The molecule has 0 saturated carbocycles. The Morgan fingerprint density at radius 1 is 1.27 bits per heavy atom. The Labute approximate surface area is 132 Å². The normalized spacial score (nSPS) is 22.4. The lowest BCUT2D eigenvalue weighted by Crippen LogP contribution is -2.32. The number of nitrogens with zero attached hydrogens (tertiary/aromatic N) is 1. The number of nitrogens with one attached hydrogen (secondary N) is 1. The maximum Gasteiger partial charge on any atom is 0.416 e. The van der Waals surface area contributed by atoms with Crippen LogP contribution in [0.25, 0.3) is 0 Å². The van der Waals surface area contributed by atoms with Gasteiger partial charge in [-0.05, 0) is 44.6 Å². The second kappa shape index (κ2) is 6.91. The van der Waals surface area contributed by atoms with Crippen molar-refractivity contribution in [2.24, 2.45) is 0 Å². The van der Waals surface area contributed by atoms with Gasteiger partial charge in [0.1, 0.15) is 5.37 Å². The number of carbonyl (C=O) groups is 1. The molecule has 0 bridgehead atoms. The van der Waals surface area contributed by atoms with Crippen molar-refractivity contribution in [1.82, 2.24) is 10.2 Å². The van der Waals surface area contributed by atoms with Crippen molar-refractivity contribution in [3.63, 3.8) is 0 Å². The first-order chi connectivity index (χ1) is 10.3. The molecular formula is C15H19F3N2OS. The highest BCUT2D eigenvalue weighted by atomic mass is 32.2. The van der Waals surface area contributed by atoms with Gasteiger partial charge in [-0.25, -0.2) is 0 Å². The van der Waals surface area contributed by atoms with Crippen LogP contribution in [0.15, 0.2) is 24.3 Å². The van der Waals surface area contributed by atoms with E-state index in [4.69, 9.17) is 0 Å². The Morgan fingerprint density at radius 2 is 1.91 bits per heavy atom. The molecule has 2 unspecified atom stereocenters. The van der Waals surface area contributed by atoms with Gasteiger partial charge in [0.15, 0.2) is 0 Å². The molecule has 0 radical (unpaired) electrons. The van der Waals surface area contributed by atoms with Crippen LogP contribution in [0.5, 0.6) is 0 Å². The fraction of sp³-hybridized carbons (Fsp3) is 0.533. The number of rotatable bonds is 5. The number of alkyl halides is 3. The number of thioether (sulfide) groups is 1. The molecular weight excluding hydrogens is 313 g/mol. The lowest BCUT2D eigenvalue weighted by Gasteiger charge is -2.24. The van der Waals surface area contributed by atoms with Crippen molar-refractivity contribution in [2.45, 2.75) is 30.1 Å². The van der Waals surface area contributed by atoms with Crippen LogP contribution in [0, 0.1) is 0 Å². The van der Waals surface area contributed by atoms with Crippen LogP contribution in [0.2, 0.25) is 0 Å². The maximum absolute atomic E-state index is 12.6. The fourth-order valence-electron chi connectivity index (χ4n) is 2.42. The molecule has 0 aliphatic carbocycles. The molecule has 1 aliphatic heterocycles. The molecule has 2 rings (SSSR count). The predicted molar refractivity (Wildman–Crippen MR) is 81.5 cm³/mol. The van der Waals surface area contributed by atoms with Crippen molar-refractivity contribution in [3.8, 4) is 0 Å². The molecule has 1 fully saturated rings. The summed E-state index contributed by atoms with van der Waals surface area (Å²) in [5.74, 6) is 0.0472. The highest BCUT2D eigenvalue weighted by Gasteiger charge is 2.38. The molecule has 122 valence electrons. The number of hydrogen-bond acceptors (Lipinski definition) is 3. The van der Waals surface area contributed by atoms with Gasteiger partial charge in [0.05, 0.1) is 10.8 Å². The molecule has 0 aromatic heterocycles. The topological polar surface area (TPSA) is 32.3 Å². The molecule has 0 spiro atoms. The van der Waals surface area contributed by atoms with Crippen molar-refractivity contribution < 1.29 is 18.0 Å². The van der Waals surface area contributed by atoms with Crippen molar-refractivity contribution in [1.29, 1.82) is 0 Å². The van der Waals surface area contributed by atoms with Gasteiger partial charge in [-0.2, -0.15) is 13.2 Å². The zero-order valence-electron chi connectivity index (χ0n) is 12.5. The van der Waals surface area contributed by atoms with Crippen LogP contribution >= 0.6 is 11.8 Å². The Morgan fingerprint density at radius 3 is 2.45 bits per heavy atom. The molecule has 22 heavy (non-hydrogen) atoms. The van der Waals surface area contributed by atoms with E-state index in [0.717, 1.165) is 30.7 Å². The van der Waals surface area contributed by atoms with E-state index < -0.39 is 11.7 Å². The first-order valence-electron chi connectivity index (χ1n) is 7.12. The van der Waals surface area contributed by atoms with Crippen LogP contribution in [0.3, 0.4) is 0 Å². The van der Waals surface area contributed by atoms with Crippen LogP contribution in [0.4, 0.5) is 13.2 Å². The second-order valence-corrected chi connectivity index (χ2v) is 6.66. The maximum atomic E-state index is 12.6. The number of carbonyl (C=O) groups excluding carboxylic acids is 1. The number of benzene rings is 1. The summed E-state index contributed by atoms with van der Waals surface area (Å²) >= 11 is 1.48. The smallest absolute Gasteiger partial charge is 0.326 e. The van der Waals surface area contributed by atoms with Gasteiger partial charge in [-0.3, -0.25) is 4.79 Å². The van der Waals surface area contributed by atoms with E-state index in [1.54, 1.807) is 4.90 Å². The van der Waals surface area contributed by atoms with E-state index in [9.17, 15) is 18.0 Å². The second-order valence-electron chi connectivity index (χ2n) is 5.24. The first-order valence-corrected chi connectivity index (χ1v) is 8.06. The molecule has 1 N–H and O–H groups in total. The summed E-state index contributed by atoms with van der Waals surface area (Å²) in [6.45, 7) is 3.23. The number of amides is 1. The standard InChI is InChI=1S/C15H19F3N2OS/c1-10-13(21)20(9-3-8-19-2)14(22-10)11-4-6-12(7-5-11)15(16,17)18/h4-7,10,14,19H,3,8-9H2,1-2H3. The molecule has 1 saturated heterocycles. The average Bonchev–Trinajstić information content (AvgIpc) is 2.75. The number of hydrogen-bond donors (Lipinski definition) is 1. The highest BCUT2D eigenvalue weighted by molar-refractivity contribution is 8.01. The Kier molecular flexibility index (Phi) is 5.39. The van der Waals surface area contributed by atoms with Crippen LogP contribution in [0.1, 0.15) is 29.8 Å². The minimum Gasteiger partial charge on any atom is -0.326 e. The molecule has 1 aliphatic rings. The molecule has 1 amide bonds. The van der Waals surface area contributed by atoms with Crippen molar-refractivity contribution >= 4 is 17.7 Å². The van der Waals surface area contributed by atoms with E-state index in [-0.39, 0.29) is 16.5 Å². The van der Waals surface area contributed by atoms with E-state index >= 15 is 0 Å². The monoisotopic (exact) mass is 332 g/mol. The van der Waals surface area contributed by atoms with Gasteiger partial charge in [0, 0.05) is 6.54 Å². The van der Waals surface area contributed by atoms with E-state index in [1.807, 2.05) is 14.0 Å². The fourth-order valence-corrected chi connectivity index (χ4v) is 3.73. The molecule has 7 heteroatoms. The van der Waals surface area contributed by atoms with Gasteiger partial charge in [0.25, 0.3) is 0 Å². The Bertz CT molecular complexity index is 519. The third-order valence-corrected chi connectivity index (χ3v) is 4.99. The van der Waals surface area contributed by atoms with E-state index in [2.05, 4.69) is 5.32 Å². The van der Waals surface area contributed by atoms with Gasteiger partial charge in [-0.15, -0.1) is 11.8 Å². The van der Waals surface area contributed by atoms with Crippen molar-refractivity contribution in [2.75, 3.05) is 20.1 Å². The quantitative estimate of drug-likeness (QED) is 0.840. The van der Waals surface area contributed by atoms with Gasteiger partial charge in [-0.1, -0.05) is 12.1 Å². The Balaban J connectivity index is 2.16. The minimum absolute atomic E-state index is 0.0472. The molecule has 1 heterocycles. The third kappa shape index (κ3) is 3.76. The van der Waals surface area contributed by atoms with Gasteiger partial charge in [0.2, 0.25) is 5.91 Å². The van der Waals surface area contributed by atoms with E-state index in [0.29, 0.717) is 6.54 Å². The van der Waals surface area contributed by atoms with Crippen LogP contribution in [-0.2, 0) is 11.0 Å². The zero-order valence-corrected chi connectivity index (χ0v) is 13.3. The zero-order chi connectivity index (χ0) is 16.3.